The van der Waals surface area contributed by atoms with Crippen molar-refractivity contribution in [2.75, 3.05) is 18.2 Å². The SMILES string of the molecule is COC(=O)c1sc(NCc2cn[nH]c2)c(C#N)c1N. The van der Waals surface area contributed by atoms with Gasteiger partial charge in [-0.25, -0.2) is 4.79 Å². The molecule has 0 aliphatic rings. The predicted molar refractivity (Wildman–Crippen MR) is 70.7 cm³/mol. The first-order valence-electron chi connectivity index (χ1n) is 5.29. The summed E-state index contributed by atoms with van der Waals surface area (Å²) < 4.78 is 4.62. The molecule has 19 heavy (non-hydrogen) atoms. The molecule has 0 aliphatic carbocycles. The van der Waals surface area contributed by atoms with E-state index in [2.05, 4.69) is 20.3 Å². The van der Waals surface area contributed by atoms with Gasteiger partial charge in [0.1, 0.15) is 21.5 Å². The van der Waals surface area contributed by atoms with Crippen LogP contribution in [0.1, 0.15) is 20.8 Å². The van der Waals surface area contributed by atoms with Crippen molar-refractivity contribution in [3.8, 4) is 6.07 Å². The smallest absolute Gasteiger partial charge is 0.350 e. The second-order valence-corrected chi connectivity index (χ2v) is 4.63. The number of nitrogens with one attached hydrogen (secondary N) is 2. The van der Waals surface area contributed by atoms with Gasteiger partial charge in [0.15, 0.2) is 0 Å². The van der Waals surface area contributed by atoms with Crippen LogP contribution in [0.3, 0.4) is 0 Å². The average molecular weight is 277 g/mol. The van der Waals surface area contributed by atoms with Gasteiger partial charge in [0.05, 0.1) is 19.0 Å². The minimum absolute atomic E-state index is 0.147. The van der Waals surface area contributed by atoms with E-state index in [4.69, 9.17) is 11.0 Å². The third-order valence-corrected chi connectivity index (χ3v) is 3.58. The van der Waals surface area contributed by atoms with Crippen LogP contribution in [-0.4, -0.2) is 23.3 Å². The van der Waals surface area contributed by atoms with Crippen molar-refractivity contribution in [3.05, 3.63) is 28.4 Å². The molecule has 4 N–H and O–H groups in total. The number of aromatic amines is 1. The maximum atomic E-state index is 11.5. The van der Waals surface area contributed by atoms with Gasteiger partial charge in [0.25, 0.3) is 0 Å². The van der Waals surface area contributed by atoms with Crippen molar-refractivity contribution in [2.24, 2.45) is 0 Å². The molecule has 0 aromatic carbocycles. The minimum atomic E-state index is -0.546. The van der Waals surface area contributed by atoms with Crippen molar-refractivity contribution in [3.63, 3.8) is 0 Å². The lowest BCUT2D eigenvalue weighted by atomic mass is 10.2. The minimum Gasteiger partial charge on any atom is -0.465 e. The van der Waals surface area contributed by atoms with Crippen LogP contribution in [0.2, 0.25) is 0 Å². The zero-order valence-corrected chi connectivity index (χ0v) is 10.9. The van der Waals surface area contributed by atoms with Crippen molar-refractivity contribution in [2.45, 2.75) is 6.54 Å². The summed E-state index contributed by atoms with van der Waals surface area (Å²) in [5, 5.41) is 19.2. The highest BCUT2D eigenvalue weighted by atomic mass is 32.1. The van der Waals surface area contributed by atoms with Gasteiger partial charge in [-0.05, 0) is 0 Å². The molecule has 98 valence electrons. The number of H-pyrrole nitrogens is 1. The molecule has 7 nitrogen and oxygen atoms in total. The molecule has 2 rings (SSSR count). The van der Waals surface area contributed by atoms with Crippen molar-refractivity contribution in [1.29, 1.82) is 5.26 Å². The number of carbonyl (C=O) groups is 1. The van der Waals surface area contributed by atoms with E-state index in [-0.39, 0.29) is 16.1 Å². The highest BCUT2D eigenvalue weighted by Crippen LogP contribution is 2.35. The van der Waals surface area contributed by atoms with E-state index < -0.39 is 5.97 Å². The summed E-state index contributed by atoms with van der Waals surface area (Å²) in [4.78, 5) is 11.7. The lowest BCUT2D eigenvalue weighted by Gasteiger charge is -2.01. The number of nitrogens with zero attached hydrogens (tertiary/aromatic N) is 2. The molecule has 0 radical (unpaired) electrons. The number of thiophene rings is 1. The second kappa shape index (κ2) is 5.41. The standard InChI is InChI=1S/C11H11N5O2S/c1-18-11(17)9-8(13)7(2-12)10(19-9)14-3-6-4-15-16-5-6/h4-5,14H,3,13H2,1H3,(H,15,16). The molecule has 0 bridgehead atoms. The Hall–Kier alpha value is -2.53. The van der Waals surface area contributed by atoms with Gasteiger partial charge in [0, 0.05) is 18.3 Å². The highest BCUT2D eigenvalue weighted by Gasteiger charge is 2.21. The van der Waals surface area contributed by atoms with Crippen LogP contribution in [0.4, 0.5) is 10.7 Å². The number of anilines is 2. The quantitative estimate of drug-likeness (QED) is 0.726. The number of hydrogen-bond donors (Lipinski definition) is 3. The molecule has 2 heterocycles. The van der Waals surface area contributed by atoms with Crippen molar-refractivity contribution in [1.82, 2.24) is 10.2 Å². The van der Waals surface area contributed by atoms with Gasteiger partial charge in [-0.2, -0.15) is 10.4 Å². The molecular formula is C11H11N5O2S. The normalized spacial score (nSPS) is 9.89. The van der Waals surface area contributed by atoms with Crippen molar-refractivity contribution >= 4 is 28.0 Å². The number of nitrogens with two attached hydrogens (primary N) is 1. The first-order valence-corrected chi connectivity index (χ1v) is 6.11. The molecule has 0 atom stereocenters. The third kappa shape index (κ3) is 2.51. The van der Waals surface area contributed by atoms with Gasteiger partial charge in [-0.3, -0.25) is 5.10 Å². The summed E-state index contributed by atoms with van der Waals surface area (Å²) in [7, 11) is 1.27. The molecule has 0 fully saturated rings. The number of aromatic nitrogens is 2. The van der Waals surface area contributed by atoms with Crippen LogP contribution in [0.5, 0.6) is 0 Å². The molecule has 0 unspecified atom stereocenters. The monoisotopic (exact) mass is 277 g/mol. The Morgan fingerprint density at radius 1 is 1.74 bits per heavy atom. The number of hydrogen-bond acceptors (Lipinski definition) is 7. The first-order chi connectivity index (χ1) is 9.17. The first kappa shape index (κ1) is 12.9. The number of carbonyl (C=O) groups excluding carboxylic acids is 1. The van der Waals surface area contributed by atoms with Crippen molar-refractivity contribution < 1.29 is 9.53 Å². The van der Waals surface area contributed by atoms with Crippen LogP contribution in [0, 0.1) is 11.3 Å². The number of methoxy groups -OCH3 is 1. The fourth-order valence-corrected chi connectivity index (χ4v) is 2.47. The second-order valence-electron chi connectivity index (χ2n) is 3.61. The van der Waals surface area contributed by atoms with Crippen LogP contribution in [0.25, 0.3) is 0 Å². The van der Waals surface area contributed by atoms with Gasteiger partial charge < -0.3 is 15.8 Å². The topological polar surface area (TPSA) is 117 Å². The van der Waals surface area contributed by atoms with Crippen LogP contribution in [0.15, 0.2) is 12.4 Å². The van der Waals surface area contributed by atoms with Gasteiger partial charge >= 0.3 is 5.97 Å². The van der Waals surface area contributed by atoms with E-state index in [1.165, 1.54) is 7.11 Å². The molecule has 0 saturated heterocycles. The fourth-order valence-electron chi connectivity index (χ4n) is 1.48. The van der Waals surface area contributed by atoms with Gasteiger partial charge in [-0.15, -0.1) is 11.3 Å². The number of esters is 1. The maximum absolute atomic E-state index is 11.5. The molecule has 2 aromatic heterocycles. The van der Waals surface area contributed by atoms with E-state index >= 15 is 0 Å². The van der Waals surface area contributed by atoms with E-state index in [1.54, 1.807) is 12.4 Å². The molecule has 2 aromatic rings. The molecular weight excluding hydrogens is 266 g/mol. The fraction of sp³-hybridized carbons (Fsp3) is 0.182. The van der Waals surface area contributed by atoms with Gasteiger partial charge in [-0.1, -0.05) is 0 Å². The number of ether oxygens (including phenoxy) is 1. The molecule has 0 spiro atoms. The van der Waals surface area contributed by atoms with Crippen LogP contribution in [-0.2, 0) is 11.3 Å². The molecule has 0 aliphatic heterocycles. The molecule has 0 amide bonds. The lowest BCUT2D eigenvalue weighted by molar-refractivity contribution is 0.0607. The Kier molecular flexibility index (Phi) is 3.68. The Labute approximate surface area is 113 Å². The van der Waals surface area contributed by atoms with E-state index in [0.29, 0.717) is 11.5 Å². The summed E-state index contributed by atoms with van der Waals surface area (Å²) in [6.07, 6.45) is 3.40. The highest BCUT2D eigenvalue weighted by molar-refractivity contribution is 7.18. The zero-order valence-electron chi connectivity index (χ0n) is 10.1. The number of rotatable bonds is 4. The van der Waals surface area contributed by atoms with E-state index in [1.807, 2.05) is 6.07 Å². The van der Waals surface area contributed by atoms with Crippen LogP contribution >= 0.6 is 11.3 Å². The van der Waals surface area contributed by atoms with Gasteiger partial charge in [0.2, 0.25) is 0 Å². The Morgan fingerprint density at radius 3 is 3.11 bits per heavy atom. The summed E-state index contributed by atoms with van der Waals surface area (Å²) >= 11 is 1.10. The van der Waals surface area contributed by atoms with Crippen LogP contribution < -0.4 is 11.1 Å². The van der Waals surface area contributed by atoms with E-state index in [9.17, 15) is 4.79 Å². The molecule has 0 saturated carbocycles. The number of nitrogen functional groups attached to an aromatic ring is 1. The summed E-state index contributed by atoms with van der Waals surface area (Å²) in [6, 6.07) is 1.99. The summed E-state index contributed by atoms with van der Waals surface area (Å²) in [5.41, 5.74) is 7.10. The maximum Gasteiger partial charge on any atom is 0.350 e. The Balaban J connectivity index is 2.25. The number of nitriles is 1. The zero-order chi connectivity index (χ0) is 13.8. The Morgan fingerprint density at radius 2 is 2.53 bits per heavy atom. The predicted octanol–water partition coefficient (Wildman–Crippen LogP) is 1.32. The summed E-state index contributed by atoms with van der Waals surface area (Å²) in [6.45, 7) is 0.478. The summed E-state index contributed by atoms with van der Waals surface area (Å²) in [5.74, 6) is -0.546. The Bertz CT molecular complexity index is 626. The largest absolute Gasteiger partial charge is 0.465 e. The van der Waals surface area contributed by atoms with E-state index in [0.717, 1.165) is 16.9 Å². The average Bonchev–Trinajstić information content (AvgIpc) is 3.03. The third-order valence-electron chi connectivity index (χ3n) is 2.44. The molecule has 8 heteroatoms. The lowest BCUT2D eigenvalue weighted by Crippen LogP contribution is -2.02.